The van der Waals surface area contributed by atoms with E-state index in [2.05, 4.69) is 32.6 Å². The van der Waals surface area contributed by atoms with Crippen LogP contribution >= 0.6 is 0 Å². The van der Waals surface area contributed by atoms with E-state index in [1.54, 1.807) is 0 Å². The number of carbonyl (C=O) groups is 1. The Balaban J connectivity index is 2.36. The van der Waals surface area contributed by atoms with Crippen molar-refractivity contribution < 1.29 is 9.90 Å². The van der Waals surface area contributed by atoms with E-state index in [1.807, 2.05) is 12.1 Å². The molecule has 0 atom stereocenters. The molecule has 5 nitrogen and oxygen atoms in total. The van der Waals surface area contributed by atoms with Crippen LogP contribution in [0.4, 0.5) is 5.69 Å². The molecule has 1 amide bonds. The molecule has 0 fully saturated rings. The van der Waals surface area contributed by atoms with E-state index in [9.17, 15) is 9.90 Å². The number of primary amides is 1. The predicted molar refractivity (Wildman–Crippen MR) is 98.4 cm³/mol. The summed E-state index contributed by atoms with van der Waals surface area (Å²) in [5.74, 6) is -0.631. The second kappa shape index (κ2) is 5.52. The number of rotatable bonds is 2. The van der Waals surface area contributed by atoms with Gasteiger partial charge in [-0.2, -0.15) is 5.26 Å². The summed E-state index contributed by atoms with van der Waals surface area (Å²) in [5, 5.41) is 20.2. The second-order valence-corrected chi connectivity index (χ2v) is 8.37. The molecule has 0 saturated carbocycles. The molecule has 25 heavy (non-hydrogen) atoms. The number of nitrogens with two attached hydrogens (primary N) is 1. The van der Waals surface area contributed by atoms with E-state index >= 15 is 0 Å². The lowest BCUT2D eigenvalue weighted by Gasteiger charge is -2.48. The first-order valence-corrected chi connectivity index (χ1v) is 8.66. The largest absolute Gasteiger partial charge is 0.507 e. The summed E-state index contributed by atoms with van der Waals surface area (Å²) in [6.07, 6.45) is 3.38. The number of nitriles is 1. The smallest absolute Gasteiger partial charge is 0.259 e. The number of carbonyl (C=O) groups excluding carboxylic acids is 1. The molecule has 0 unspecified atom stereocenters. The van der Waals surface area contributed by atoms with Crippen LogP contribution in [0.1, 0.15) is 57.2 Å². The standard InChI is InChI=1S/C20H25N3O2/c1-19(2)5-7-23-8-6-20(3,4)15-16(23)14(19)10-12(17(15)24)9-13(11-21)18(22)25/h9-10,24H,5-8H2,1-4H3,(H2,22,25)/b13-9+. The Morgan fingerprint density at radius 2 is 1.88 bits per heavy atom. The first-order chi connectivity index (χ1) is 11.6. The third-order valence-corrected chi connectivity index (χ3v) is 5.72. The average Bonchev–Trinajstić information content (AvgIpc) is 2.51. The van der Waals surface area contributed by atoms with Crippen LogP contribution in [0.25, 0.3) is 6.08 Å². The van der Waals surface area contributed by atoms with E-state index in [4.69, 9.17) is 11.0 Å². The van der Waals surface area contributed by atoms with Gasteiger partial charge in [-0.05, 0) is 41.4 Å². The van der Waals surface area contributed by atoms with E-state index < -0.39 is 5.91 Å². The fraction of sp³-hybridized carbons (Fsp3) is 0.500. The van der Waals surface area contributed by atoms with Crippen LogP contribution in [-0.2, 0) is 15.6 Å². The highest BCUT2D eigenvalue weighted by atomic mass is 16.3. The lowest BCUT2D eigenvalue weighted by atomic mass is 9.68. The highest BCUT2D eigenvalue weighted by molar-refractivity contribution is 6.01. The van der Waals surface area contributed by atoms with Gasteiger partial charge in [0.25, 0.3) is 5.91 Å². The zero-order valence-electron chi connectivity index (χ0n) is 15.3. The maximum atomic E-state index is 11.4. The van der Waals surface area contributed by atoms with Gasteiger partial charge >= 0.3 is 0 Å². The average molecular weight is 339 g/mol. The maximum Gasteiger partial charge on any atom is 0.259 e. The molecule has 2 aliphatic heterocycles. The van der Waals surface area contributed by atoms with Gasteiger partial charge in [0.1, 0.15) is 17.4 Å². The highest BCUT2D eigenvalue weighted by Crippen LogP contribution is 2.53. The quantitative estimate of drug-likeness (QED) is 0.640. The van der Waals surface area contributed by atoms with Gasteiger partial charge in [-0.15, -0.1) is 0 Å². The lowest BCUT2D eigenvalue weighted by Crippen LogP contribution is -2.44. The van der Waals surface area contributed by atoms with Gasteiger partial charge in [0.15, 0.2) is 0 Å². The number of aromatic hydroxyl groups is 1. The number of anilines is 1. The Morgan fingerprint density at radius 1 is 1.28 bits per heavy atom. The molecule has 0 aromatic heterocycles. The lowest BCUT2D eigenvalue weighted by molar-refractivity contribution is -0.114. The molecular weight excluding hydrogens is 314 g/mol. The molecule has 1 aromatic carbocycles. The summed E-state index contributed by atoms with van der Waals surface area (Å²) in [6, 6.07) is 3.74. The van der Waals surface area contributed by atoms with Crippen LogP contribution in [0.2, 0.25) is 0 Å². The van der Waals surface area contributed by atoms with Crippen LogP contribution < -0.4 is 10.6 Å². The van der Waals surface area contributed by atoms with Gasteiger partial charge in [0.05, 0.1) is 0 Å². The van der Waals surface area contributed by atoms with Crippen molar-refractivity contribution in [3.05, 3.63) is 28.3 Å². The van der Waals surface area contributed by atoms with Crippen LogP contribution in [0.3, 0.4) is 0 Å². The summed E-state index contributed by atoms with van der Waals surface area (Å²) in [7, 11) is 0. The zero-order chi connectivity index (χ0) is 18.6. The SMILES string of the molecule is CC1(C)CCN2CCC(C)(C)c3c(O)c(/C=C(\C#N)C(N)=O)cc1c32. The molecule has 3 N–H and O–H groups in total. The molecule has 3 rings (SSSR count). The Labute approximate surface area is 148 Å². The molecule has 0 aliphatic carbocycles. The molecular formula is C20H25N3O2. The third-order valence-electron chi connectivity index (χ3n) is 5.72. The van der Waals surface area contributed by atoms with Gasteiger partial charge in [0, 0.05) is 29.9 Å². The number of benzene rings is 1. The molecule has 2 aliphatic rings. The van der Waals surface area contributed by atoms with Crippen molar-refractivity contribution in [3.63, 3.8) is 0 Å². The van der Waals surface area contributed by atoms with Gasteiger partial charge < -0.3 is 15.7 Å². The maximum absolute atomic E-state index is 11.4. The molecule has 0 spiro atoms. The Morgan fingerprint density at radius 3 is 2.44 bits per heavy atom. The first-order valence-electron chi connectivity index (χ1n) is 8.66. The van der Waals surface area contributed by atoms with Crippen molar-refractivity contribution in [1.82, 2.24) is 0 Å². The topological polar surface area (TPSA) is 90.3 Å². The number of nitrogens with zero attached hydrogens (tertiary/aromatic N) is 2. The first kappa shape index (κ1) is 17.3. The summed E-state index contributed by atoms with van der Waals surface area (Å²) < 4.78 is 0. The number of phenolic OH excluding ortho intramolecular Hbond substituents is 1. The number of amides is 1. The summed E-state index contributed by atoms with van der Waals surface area (Å²) in [4.78, 5) is 13.8. The van der Waals surface area contributed by atoms with Crippen molar-refractivity contribution in [2.24, 2.45) is 5.73 Å². The highest BCUT2D eigenvalue weighted by Gasteiger charge is 2.42. The van der Waals surface area contributed by atoms with Gasteiger partial charge in [-0.25, -0.2) is 0 Å². The van der Waals surface area contributed by atoms with Crippen LogP contribution in [0, 0.1) is 11.3 Å². The van der Waals surface area contributed by atoms with Crippen molar-refractivity contribution in [1.29, 1.82) is 5.26 Å². The number of hydrogen-bond donors (Lipinski definition) is 2. The molecule has 0 radical (unpaired) electrons. The number of hydrogen-bond acceptors (Lipinski definition) is 4. The fourth-order valence-electron chi connectivity index (χ4n) is 4.02. The minimum Gasteiger partial charge on any atom is -0.507 e. The van der Waals surface area contributed by atoms with Gasteiger partial charge in [-0.1, -0.05) is 27.7 Å². The van der Waals surface area contributed by atoms with E-state index in [1.165, 1.54) is 6.08 Å². The molecule has 0 bridgehead atoms. The van der Waals surface area contributed by atoms with Crippen molar-refractivity contribution >= 4 is 17.7 Å². The molecule has 0 saturated heterocycles. The van der Waals surface area contributed by atoms with Crippen LogP contribution in [0.15, 0.2) is 11.6 Å². The normalized spacial score (nSPS) is 20.6. The second-order valence-electron chi connectivity index (χ2n) is 8.37. The molecule has 1 aromatic rings. The van der Waals surface area contributed by atoms with Crippen molar-refractivity contribution in [2.75, 3.05) is 18.0 Å². The van der Waals surface area contributed by atoms with Gasteiger partial charge in [0.2, 0.25) is 0 Å². The Kier molecular flexibility index (Phi) is 3.83. The summed E-state index contributed by atoms with van der Waals surface area (Å²) in [6.45, 7) is 10.6. The molecule has 2 heterocycles. The predicted octanol–water partition coefficient (Wildman–Crippen LogP) is 2.95. The zero-order valence-corrected chi connectivity index (χ0v) is 15.3. The minimum absolute atomic E-state index is 0.0379. The van der Waals surface area contributed by atoms with E-state index in [0.717, 1.165) is 42.7 Å². The monoisotopic (exact) mass is 339 g/mol. The minimum atomic E-state index is -0.784. The van der Waals surface area contributed by atoms with Gasteiger partial charge in [-0.3, -0.25) is 4.79 Å². The summed E-state index contributed by atoms with van der Waals surface area (Å²) >= 11 is 0. The van der Waals surface area contributed by atoms with Crippen molar-refractivity contribution in [2.45, 2.75) is 51.4 Å². The van der Waals surface area contributed by atoms with Crippen LogP contribution in [-0.4, -0.2) is 24.1 Å². The Bertz CT molecular complexity index is 826. The number of phenols is 1. The van der Waals surface area contributed by atoms with E-state index in [0.29, 0.717) is 5.56 Å². The van der Waals surface area contributed by atoms with Crippen molar-refractivity contribution in [3.8, 4) is 11.8 Å². The third kappa shape index (κ3) is 2.66. The van der Waals surface area contributed by atoms with E-state index in [-0.39, 0.29) is 22.2 Å². The fourth-order valence-corrected chi connectivity index (χ4v) is 4.02. The Hall–Kier alpha value is -2.48. The molecule has 5 heteroatoms. The molecule has 132 valence electrons. The summed E-state index contributed by atoms with van der Waals surface area (Å²) in [5.41, 5.74) is 8.60. The van der Waals surface area contributed by atoms with Crippen LogP contribution in [0.5, 0.6) is 5.75 Å².